The third kappa shape index (κ3) is 3.94. The van der Waals surface area contributed by atoms with Crippen LogP contribution in [0, 0.1) is 13.8 Å². The highest BCUT2D eigenvalue weighted by atomic mass is 16.2. The van der Waals surface area contributed by atoms with Crippen LogP contribution in [0.1, 0.15) is 25.2 Å². The average Bonchev–Trinajstić information content (AvgIpc) is 2.54. The first kappa shape index (κ1) is 16.7. The maximum atomic E-state index is 12.3. The Morgan fingerprint density at radius 3 is 2.41 bits per heavy atom. The largest absolute Gasteiger partial charge is 0.352 e. The highest BCUT2D eigenvalue weighted by Gasteiger charge is 2.23. The number of aromatic nitrogens is 2. The van der Waals surface area contributed by atoms with Crippen LogP contribution in [0.4, 0.5) is 5.82 Å². The molecule has 1 amide bonds. The molecule has 1 aromatic rings. The Morgan fingerprint density at radius 2 is 1.82 bits per heavy atom. The number of piperazine rings is 1. The van der Waals surface area contributed by atoms with Gasteiger partial charge in [-0.3, -0.25) is 14.7 Å². The van der Waals surface area contributed by atoms with Gasteiger partial charge in [-0.05, 0) is 26.9 Å². The second kappa shape index (κ2) is 7.54. The van der Waals surface area contributed by atoms with Gasteiger partial charge < -0.3 is 9.80 Å². The predicted molar refractivity (Wildman–Crippen MR) is 88.1 cm³/mol. The molecule has 2 rings (SSSR count). The first-order valence-electron chi connectivity index (χ1n) is 8.10. The highest BCUT2D eigenvalue weighted by Crippen LogP contribution is 2.17. The molecular weight excluding hydrogens is 278 g/mol. The maximum absolute atomic E-state index is 12.3. The maximum Gasteiger partial charge on any atom is 0.236 e. The highest BCUT2D eigenvalue weighted by molar-refractivity contribution is 5.78. The predicted octanol–water partition coefficient (Wildman–Crippen LogP) is 1.08. The summed E-state index contributed by atoms with van der Waals surface area (Å²) < 4.78 is 0. The smallest absolute Gasteiger partial charge is 0.236 e. The van der Waals surface area contributed by atoms with E-state index in [-0.39, 0.29) is 5.91 Å². The zero-order valence-corrected chi connectivity index (χ0v) is 14.2. The Balaban J connectivity index is 1.92. The number of aryl methyl sites for hydroxylation is 2. The van der Waals surface area contributed by atoms with E-state index in [1.165, 1.54) is 0 Å². The van der Waals surface area contributed by atoms with Crippen molar-refractivity contribution in [3.05, 3.63) is 17.6 Å². The topological polar surface area (TPSA) is 52.6 Å². The lowest BCUT2D eigenvalue weighted by Crippen LogP contribution is -2.51. The zero-order valence-electron chi connectivity index (χ0n) is 14.2. The van der Waals surface area contributed by atoms with Gasteiger partial charge in [0.25, 0.3) is 0 Å². The van der Waals surface area contributed by atoms with Crippen molar-refractivity contribution in [2.45, 2.75) is 27.7 Å². The van der Waals surface area contributed by atoms with Crippen LogP contribution in [0.3, 0.4) is 0 Å². The third-order valence-electron chi connectivity index (χ3n) is 4.24. The van der Waals surface area contributed by atoms with E-state index in [4.69, 9.17) is 0 Å². The summed E-state index contributed by atoms with van der Waals surface area (Å²) in [6.45, 7) is 13.6. The van der Waals surface area contributed by atoms with Gasteiger partial charge in [-0.25, -0.2) is 4.98 Å². The van der Waals surface area contributed by atoms with Crippen molar-refractivity contribution in [3.63, 3.8) is 0 Å². The minimum Gasteiger partial charge on any atom is -0.352 e. The van der Waals surface area contributed by atoms with Gasteiger partial charge in [0.2, 0.25) is 5.91 Å². The normalized spacial score (nSPS) is 15.5. The van der Waals surface area contributed by atoms with E-state index < -0.39 is 0 Å². The summed E-state index contributed by atoms with van der Waals surface area (Å²) in [7, 11) is 0. The number of amides is 1. The van der Waals surface area contributed by atoms with Crippen LogP contribution in [-0.4, -0.2) is 71.5 Å². The fraction of sp³-hybridized carbons (Fsp3) is 0.688. The van der Waals surface area contributed by atoms with Gasteiger partial charge >= 0.3 is 0 Å². The van der Waals surface area contributed by atoms with Gasteiger partial charge in [0.15, 0.2) is 0 Å². The molecule has 0 aliphatic carbocycles. The number of carbonyl (C=O) groups excluding carboxylic acids is 1. The number of nitrogens with zero attached hydrogens (tertiary/aromatic N) is 5. The molecule has 0 unspecified atom stereocenters. The van der Waals surface area contributed by atoms with Crippen molar-refractivity contribution in [1.82, 2.24) is 19.8 Å². The number of hydrogen-bond acceptors (Lipinski definition) is 5. The Morgan fingerprint density at radius 1 is 1.18 bits per heavy atom. The third-order valence-corrected chi connectivity index (χ3v) is 4.24. The second-order valence-corrected chi connectivity index (χ2v) is 5.75. The first-order valence-corrected chi connectivity index (χ1v) is 8.10. The van der Waals surface area contributed by atoms with E-state index in [2.05, 4.69) is 33.6 Å². The number of anilines is 1. The lowest BCUT2D eigenvalue weighted by molar-refractivity contribution is -0.132. The van der Waals surface area contributed by atoms with Crippen molar-refractivity contribution in [3.8, 4) is 0 Å². The molecule has 0 N–H and O–H groups in total. The van der Waals surface area contributed by atoms with Crippen molar-refractivity contribution in [1.29, 1.82) is 0 Å². The van der Waals surface area contributed by atoms with Crippen LogP contribution in [0.2, 0.25) is 0 Å². The van der Waals surface area contributed by atoms with E-state index >= 15 is 0 Å². The summed E-state index contributed by atoms with van der Waals surface area (Å²) in [5.41, 5.74) is 1.88. The molecule has 1 aliphatic heterocycles. The Kier molecular flexibility index (Phi) is 5.71. The summed E-state index contributed by atoms with van der Waals surface area (Å²) >= 11 is 0. The molecule has 0 radical (unpaired) electrons. The molecule has 6 heteroatoms. The molecule has 0 spiro atoms. The summed E-state index contributed by atoms with van der Waals surface area (Å²) in [5, 5.41) is 0. The summed E-state index contributed by atoms with van der Waals surface area (Å²) in [6.07, 6.45) is 1.79. The lowest BCUT2D eigenvalue weighted by atomic mass is 10.2. The molecule has 1 aromatic heterocycles. The Labute approximate surface area is 133 Å². The van der Waals surface area contributed by atoms with Gasteiger partial charge in [-0.2, -0.15) is 0 Å². The fourth-order valence-corrected chi connectivity index (χ4v) is 2.73. The zero-order chi connectivity index (χ0) is 16.1. The molecule has 1 saturated heterocycles. The monoisotopic (exact) mass is 305 g/mol. The molecule has 2 heterocycles. The van der Waals surface area contributed by atoms with E-state index in [1.807, 2.05) is 18.7 Å². The molecular formula is C16H27N5O. The molecule has 1 fully saturated rings. The van der Waals surface area contributed by atoms with E-state index in [0.717, 1.165) is 56.5 Å². The average molecular weight is 305 g/mol. The molecule has 0 saturated carbocycles. The molecule has 0 aromatic carbocycles. The van der Waals surface area contributed by atoms with Gasteiger partial charge in [0, 0.05) is 32.4 Å². The lowest BCUT2D eigenvalue weighted by Gasteiger charge is -2.36. The SMILES string of the molecule is CCN(CC)CC(=O)N1CCN(c2nc(C)cnc2C)CC1. The van der Waals surface area contributed by atoms with Crippen LogP contribution in [0.5, 0.6) is 0 Å². The minimum atomic E-state index is 0.232. The summed E-state index contributed by atoms with van der Waals surface area (Å²) in [6, 6.07) is 0. The van der Waals surface area contributed by atoms with Crippen LogP contribution in [0.15, 0.2) is 6.20 Å². The van der Waals surface area contributed by atoms with Crippen LogP contribution >= 0.6 is 0 Å². The molecule has 0 atom stereocenters. The van der Waals surface area contributed by atoms with Gasteiger partial charge in [-0.15, -0.1) is 0 Å². The molecule has 0 bridgehead atoms. The van der Waals surface area contributed by atoms with E-state index in [0.29, 0.717) is 6.54 Å². The minimum absolute atomic E-state index is 0.232. The van der Waals surface area contributed by atoms with Crippen molar-refractivity contribution >= 4 is 11.7 Å². The quantitative estimate of drug-likeness (QED) is 0.815. The van der Waals surface area contributed by atoms with Crippen LogP contribution in [-0.2, 0) is 4.79 Å². The van der Waals surface area contributed by atoms with Gasteiger partial charge in [0.05, 0.1) is 17.9 Å². The van der Waals surface area contributed by atoms with Crippen molar-refractivity contribution in [2.75, 3.05) is 50.7 Å². The van der Waals surface area contributed by atoms with Gasteiger partial charge in [-0.1, -0.05) is 13.8 Å². The fourth-order valence-electron chi connectivity index (χ4n) is 2.73. The van der Waals surface area contributed by atoms with Crippen molar-refractivity contribution < 1.29 is 4.79 Å². The summed E-state index contributed by atoms with van der Waals surface area (Å²) in [5.74, 6) is 1.19. The molecule has 6 nitrogen and oxygen atoms in total. The number of rotatable bonds is 5. The Hall–Kier alpha value is -1.69. The first-order chi connectivity index (χ1) is 10.5. The number of hydrogen-bond donors (Lipinski definition) is 0. The number of likely N-dealkylation sites (N-methyl/N-ethyl adjacent to an activating group) is 1. The Bertz CT molecular complexity index is 507. The van der Waals surface area contributed by atoms with E-state index in [1.54, 1.807) is 6.20 Å². The van der Waals surface area contributed by atoms with E-state index in [9.17, 15) is 4.79 Å². The molecule has 22 heavy (non-hydrogen) atoms. The van der Waals surface area contributed by atoms with Crippen molar-refractivity contribution in [2.24, 2.45) is 0 Å². The molecule has 122 valence electrons. The van der Waals surface area contributed by atoms with Crippen LogP contribution in [0.25, 0.3) is 0 Å². The molecule has 1 aliphatic rings. The second-order valence-electron chi connectivity index (χ2n) is 5.75. The van der Waals surface area contributed by atoms with Gasteiger partial charge in [0.1, 0.15) is 5.82 Å². The number of carbonyl (C=O) groups is 1. The summed E-state index contributed by atoms with van der Waals surface area (Å²) in [4.78, 5) is 27.7. The van der Waals surface area contributed by atoms with Crippen LogP contribution < -0.4 is 4.90 Å². The standard InChI is InChI=1S/C16H27N5O/c1-5-19(6-2)12-15(22)20-7-9-21(10-8-20)16-14(4)17-11-13(3)18-16/h11H,5-10,12H2,1-4H3.